The number of aromatic nitrogens is 5. The highest BCUT2D eigenvalue weighted by atomic mass is 16.2. The van der Waals surface area contributed by atoms with Gasteiger partial charge in [-0.3, -0.25) is 24.0 Å². The van der Waals surface area contributed by atoms with Gasteiger partial charge >= 0.3 is 0 Å². The van der Waals surface area contributed by atoms with Gasteiger partial charge in [0.25, 0.3) is 5.91 Å². The first-order valence-electron chi connectivity index (χ1n) is 12.5. The lowest BCUT2D eigenvalue weighted by Gasteiger charge is -2.17. The molecule has 6 rings (SSSR count). The molecule has 0 spiro atoms. The number of carbonyl (C=O) groups excluding carboxylic acids is 2. The van der Waals surface area contributed by atoms with Crippen molar-refractivity contribution in [3.8, 4) is 11.1 Å². The Morgan fingerprint density at radius 3 is 2.50 bits per heavy atom. The zero-order valence-corrected chi connectivity index (χ0v) is 21.4. The van der Waals surface area contributed by atoms with Crippen molar-refractivity contribution >= 4 is 28.5 Å². The highest BCUT2D eigenvalue weighted by molar-refractivity contribution is 5.96. The molecule has 0 saturated heterocycles. The third-order valence-electron chi connectivity index (χ3n) is 7.25. The van der Waals surface area contributed by atoms with Crippen LogP contribution in [-0.4, -0.2) is 61.2 Å². The summed E-state index contributed by atoms with van der Waals surface area (Å²) < 4.78 is 2.06. The summed E-state index contributed by atoms with van der Waals surface area (Å²) >= 11 is 0. The molecule has 4 aromatic heterocycles. The molecule has 38 heavy (non-hydrogen) atoms. The molecule has 9 nitrogen and oxygen atoms in total. The Hall–Kier alpha value is -4.66. The van der Waals surface area contributed by atoms with Gasteiger partial charge in [-0.2, -0.15) is 0 Å². The minimum Gasteiger partial charge on any atom is -0.347 e. The molecule has 5 aromatic rings. The van der Waals surface area contributed by atoms with Crippen molar-refractivity contribution in [1.29, 1.82) is 0 Å². The molecule has 1 N–H and O–H groups in total. The maximum Gasteiger partial charge on any atom is 0.270 e. The van der Waals surface area contributed by atoms with Crippen LogP contribution in [0, 0.1) is 0 Å². The number of hydrogen-bond acceptors (Lipinski definition) is 6. The minimum absolute atomic E-state index is 0.107. The van der Waals surface area contributed by atoms with Crippen molar-refractivity contribution in [2.24, 2.45) is 0 Å². The topological polar surface area (TPSA) is 105 Å². The molecule has 1 aromatic carbocycles. The second-order valence-corrected chi connectivity index (χ2v) is 10.0. The molecule has 0 radical (unpaired) electrons. The normalized spacial score (nSPS) is 14.8. The van der Waals surface area contributed by atoms with Crippen LogP contribution in [0.25, 0.3) is 27.8 Å². The zero-order chi connectivity index (χ0) is 26.4. The average molecular weight is 506 g/mol. The summed E-state index contributed by atoms with van der Waals surface area (Å²) in [5, 5.41) is 3.82. The molecule has 1 unspecified atom stereocenters. The number of fused-ring (bicyclic) bond motifs is 2. The molecular formula is C29H27N7O2. The number of nitrogens with zero attached hydrogens (tertiary/aromatic N) is 6. The molecule has 190 valence electrons. The molecule has 1 saturated carbocycles. The highest BCUT2D eigenvalue weighted by Gasteiger charge is 2.48. The van der Waals surface area contributed by atoms with E-state index in [-0.39, 0.29) is 17.0 Å². The Balaban J connectivity index is 1.29. The molecule has 4 heterocycles. The number of amides is 2. The van der Waals surface area contributed by atoms with Crippen molar-refractivity contribution in [2.75, 3.05) is 14.1 Å². The lowest BCUT2D eigenvalue weighted by Crippen LogP contribution is -2.44. The van der Waals surface area contributed by atoms with Crippen molar-refractivity contribution in [3.63, 3.8) is 0 Å². The van der Waals surface area contributed by atoms with Crippen LogP contribution in [0.5, 0.6) is 0 Å². The largest absolute Gasteiger partial charge is 0.347 e. The Morgan fingerprint density at radius 1 is 0.974 bits per heavy atom. The molecule has 1 aliphatic rings. The van der Waals surface area contributed by atoms with Gasteiger partial charge in [-0.25, -0.2) is 9.97 Å². The fourth-order valence-corrected chi connectivity index (χ4v) is 4.99. The van der Waals surface area contributed by atoms with Gasteiger partial charge in [0.15, 0.2) is 0 Å². The van der Waals surface area contributed by atoms with E-state index in [4.69, 9.17) is 0 Å². The summed E-state index contributed by atoms with van der Waals surface area (Å²) in [6, 6.07) is 13.4. The van der Waals surface area contributed by atoms with E-state index in [9.17, 15) is 9.59 Å². The van der Waals surface area contributed by atoms with E-state index in [1.165, 1.54) is 10.5 Å². The van der Waals surface area contributed by atoms with Crippen molar-refractivity contribution in [2.45, 2.75) is 31.2 Å². The molecule has 1 atom stereocenters. The van der Waals surface area contributed by atoms with E-state index < -0.39 is 11.9 Å². The van der Waals surface area contributed by atoms with E-state index in [1.54, 1.807) is 39.5 Å². The second kappa shape index (κ2) is 9.02. The van der Waals surface area contributed by atoms with Gasteiger partial charge in [-0.1, -0.05) is 18.2 Å². The number of rotatable bonds is 6. The number of imidazole rings is 1. The van der Waals surface area contributed by atoms with Crippen molar-refractivity contribution in [1.82, 2.24) is 34.6 Å². The first-order chi connectivity index (χ1) is 18.4. The first kappa shape index (κ1) is 23.7. The quantitative estimate of drug-likeness (QED) is 0.378. The molecular weight excluding hydrogens is 478 g/mol. The van der Waals surface area contributed by atoms with Crippen LogP contribution < -0.4 is 5.32 Å². The molecule has 0 bridgehead atoms. The molecule has 1 fully saturated rings. The molecule has 0 aliphatic heterocycles. The number of hydrogen-bond donors (Lipinski definition) is 1. The monoisotopic (exact) mass is 505 g/mol. The summed E-state index contributed by atoms with van der Waals surface area (Å²) in [5.41, 5.74) is 5.17. The number of likely N-dealkylation sites (N-methyl/N-ethyl adjacent to an activating group) is 1. The Labute approximate surface area is 219 Å². The van der Waals surface area contributed by atoms with Crippen LogP contribution in [0.15, 0.2) is 73.4 Å². The van der Waals surface area contributed by atoms with Crippen molar-refractivity contribution in [3.05, 3.63) is 90.4 Å². The van der Waals surface area contributed by atoms with Gasteiger partial charge in [0.05, 0.1) is 17.4 Å². The highest BCUT2D eigenvalue weighted by Crippen LogP contribution is 2.53. The maximum atomic E-state index is 12.6. The molecule has 9 heteroatoms. The number of benzene rings is 1. The zero-order valence-electron chi connectivity index (χ0n) is 21.4. The minimum atomic E-state index is -0.640. The SMILES string of the molecule is CC(NC(=O)c1ccc(-c2cnc3ncc(C4(c5ccc6ncccc6c5)CC4)n3c2)cn1)C(=O)N(C)C. The Bertz CT molecular complexity index is 1690. The van der Waals surface area contributed by atoms with Gasteiger partial charge in [-0.15, -0.1) is 0 Å². The van der Waals surface area contributed by atoms with Crippen LogP contribution in [0.3, 0.4) is 0 Å². The third-order valence-corrected chi connectivity index (χ3v) is 7.25. The Kier molecular flexibility index (Phi) is 5.63. The van der Waals surface area contributed by atoms with E-state index >= 15 is 0 Å². The van der Waals surface area contributed by atoms with Crippen LogP contribution in [0.2, 0.25) is 0 Å². The predicted octanol–water partition coefficient (Wildman–Crippen LogP) is 3.63. The lowest BCUT2D eigenvalue weighted by molar-refractivity contribution is -0.130. The van der Waals surface area contributed by atoms with Gasteiger partial charge < -0.3 is 10.2 Å². The first-order valence-corrected chi connectivity index (χ1v) is 12.5. The third kappa shape index (κ3) is 4.06. The fourth-order valence-electron chi connectivity index (χ4n) is 4.99. The predicted molar refractivity (Wildman–Crippen MR) is 144 cm³/mol. The van der Waals surface area contributed by atoms with Gasteiger partial charge in [0.1, 0.15) is 11.7 Å². The number of carbonyl (C=O) groups is 2. The fraction of sp³-hybridized carbons (Fsp3) is 0.241. The Morgan fingerprint density at radius 2 is 1.76 bits per heavy atom. The summed E-state index contributed by atoms with van der Waals surface area (Å²) in [7, 11) is 3.30. The second-order valence-electron chi connectivity index (χ2n) is 10.0. The van der Waals surface area contributed by atoms with E-state index in [0.29, 0.717) is 5.78 Å². The van der Waals surface area contributed by atoms with E-state index in [2.05, 4.69) is 53.9 Å². The number of pyridine rings is 2. The van der Waals surface area contributed by atoms with Gasteiger partial charge in [0.2, 0.25) is 11.7 Å². The molecule has 2 amide bonds. The van der Waals surface area contributed by atoms with E-state index in [1.807, 2.05) is 30.7 Å². The van der Waals surface area contributed by atoms with Crippen LogP contribution in [0.1, 0.15) is 41.5 Å². The average Bonchev–Trinajstić information content (AvgIpc) is 3.64. The summed E-state index contributed by atoms with van der Waals surface area (Å²) in [6.07, 6.45) is 11.3. The van der Waals surface area contributed by atoms with Crippen LogP contribution >= 0.6 is 0 Å². The number of nitrogens with one attached hydrogen (secondary N) is 1. The van der Waals surface area contributed by atoms with Crippen LogP contribution in [0.4, 0.5) is 0 Å². The van der Waals surface area contributed by atoms with E-state index in [0.717, 1.165) is 40.6 Å². The summed E-state index contributed by atoms with van der Waals surface area (Å²) in [5.74, 6) is 0.0613. The van der Waals surface area contributed by atoms with Crippen molar-refractivity contribution < 1.29 is 9.59 Å². The summed E-state index contributed by atoms with van der Waals surface area (Å²) in [6.45, 7) is 1.65. The lowest BCUT2D eigenvalue weighted by atomic mass is 9.91. The van der Waals surface area contributed by atoms with Gasteiger partial charge in [-0.05, 0) is 49.6 Å². The van der Waals surface area contributed by atoms with Crippen LogP contribution in [-0.2, 0) is 10.2 Å². The molecule has 1 aliphatic carbocycles. The summed E-state index contributed by atoms with van der Waals surface area (Å²) in [4.78, 5) is 44.0. The van der Waals surface area contributed by atoms with Gasteiger partial charge in [0, 0.05) is 60.8 Å². The standard InChI is InChI=1S/C29H27N7O2/c1-18(27(38)35(2)3)34-26(37)24-8-6-20(14-31-24)21-15-32-28-33-16-25(36(28)17-21)29(10-11-29)22-7-9-23-19(13-22)5-4-12-30-23/h4-9,12-18H,10-11H2,1-3H3,(H,34,37). The maximum absolute atomic E-state index is 12.6. The smallest absolute Gasteiger partial charge is 0.270 e.